The topological polar surface area (TPSA) is 49.4 Å². The zero-order valence-corrected chi connectivity index (χ0v) is 11.5. The van der Waals surface area contributed by atoms with Gasteiger partial charge in [0.05, 0.1) is 11.3 Å². The molecule has 0 atom stereocenters. The first-order chi connectivity index (χ1) is 9.15. The van der Waals surface area contributed by atoms with Crippen molar-refractivity contribution in [1.29, 1.82) is 0 Å². The molecule has 4 nitrogen and oxygen atoms in total. The molecule has 1 amide bonds. The maximum absolute atomic E-state index is 11.9. The van der Waals surface area contributed by atoms with Crippen molar-refractivity contribution in [3.63, 3.8) is 0 Å². The van der Waals surface area contributed by atoms with Crippen LogP contribution in [0.3, 0.4) is 0 Å². The Labute approximate surface area is 113 Å². The van der Waals surface area contributed by atoms with Crippen molar-refractivity contribution in [2.45, 2.75) is 26.7 Å². The number of rotatable bonds is 6. The van der Waals surface area contributed by atoms with E-state index in [1.54, 1.807) is 11.0 Å². The highest BCUT2D eigenvalue weighted by molar-refractivity contribution is 6.52. The number of benzene rings is 1. The Kier molecular flexibility index (Phi) is 4.32. The molecule has 0 saturated carbocycles. The molecule has 1 N–H and O–H groups in total. The molecule has 2 rings (SSSR count). The van der Waals surface area contributed by atoms with Crippen LogP contribution in [0.2, 0.25) is 0 Å². The number of ketones is 1. The van der Waals surface area contributed by atoms with Crippen LogP contribution < -0.4 is 10.2 Å². The second kappa shape index (κ2) is 5.97. The molecule has 102 valence electrons. The van der Waals surface area contributed by atoms with Gasteiger partial charge in [0.15, 0.2) is 0 Å². The van der Waals surface area contributed by atoms with E-state index in [9.17, 15) is 9.59 Å². The fourth-order valence-corrected chi connectivity index (χ4v) is 2.30. The molecule has 0 bridgehead atoms. The van der Waals surface area contributed by atoms with Gasteiger partial charge < -0.3 is 10.2 Å². The van der Waals surface area contributed by atoms with E-state index in [1.807, 2.05) is 19.1 Å². The van der Waals surface area contributed by atoms with Crippen molar-refractivity contribution < 1.29 is 9.59 Å². The summed E-state index contributed by atoms with van der Waals surface area (Å²) in [6.45, 7) is 6.50. The molecule has 1 aromatic rings. The minimum absolute atomic E-state index is 0.375. The standard InChI is InChI=1S/C15H20N2O2/c1-3-7-16-8-4-9-17-13-6-5-11(2)10-12(13)14(18)15(17)19/h5-6,10,16H,3-4,7-9H2,1-2H3. The molecule has 0 spiro atoms. The predicted octanol–water partition coefficient (Wildman–Crippen LogP) is 1.91. The summed E-state index contributed by atoms with van der Waals surface area (Å²) < 4.78 is 0. The molecule has 0 aliphatic carbocycles. The maximum atomic E-state index is 11.9. The van der Waals surface area contributed by atoms with Gasteiger partial charge in [0.1, 0.15) is 0 Å². The zero-order chi connectivity index (χ0) is 13.8. The lowest BCUT2D eigenvalue weighted by atomic mass is 10.1. The fraction of sp³-hybridized carbons (Fsp3) is 0.467. The van der Waals surface area contributed by atoms with E-state index in [2.05, 4.69) is 12.2 Å². The van der Waals surface area contributed by atoms with Gasteiger partial charge in [0, 0.05) is 6.54 Å². The van der Waals surface area contributed by atoms with E-state index in [-0.39, 0.29) is 5.78 Å². The third kappa shape index (κ3) is 2.84. The van der Waals surface area contributed by atoms with E-state index in [0.717, 1.165) is 37.2 Å². The van der Waals surface area contributed by atoms with Crippen molar-refractivity contribution in [2.75, 3.05) is 24.5 Å². The number of fused-ring (bicyclic) bond motifs is 1. The number of carbonyl (C=O) groups excluding carboxylic acids is 2. The van der Waals surface area contributed by atoms with Gasteiger partial charge in [-0.2, -0.15) is 0 Å². The number of nitrogens with zero attached hydrogens (tertiary/aromatic N) is 1. The number of nitrogens with one attached hydrogen (secondary N) is 1. The van der Waals surface area contributed by atoms with Gasteiger partial charge in [-0.1, -0.05) is 18.6 Å². The highest BCUT2D eigenvalue weighted by Crippen LogP contribution is 2.29. The van der Waals surface area contributed by atoms with Crippen LogP contribution >= 0.6 is 0 Å². The van der Waals surface area contributed by atoms with Gasteiger partial charge in [-0.15, -0.1) is 0 Å². The van der Waals surface area contributed by atoms with Gasteiger partial charge in [0.25, 0.3) is 11.7 Å². The fourth-order valence-electron chi connectivity index (χ4n) is 2.30. The largest absolute Gasteiger partial charge is 0.317 e. The minimum Gasteiger partial charge on any atom is -0.317 e. The summed E-state index contributed by atoms with van der Waals surface area (Å²) in [5.74, 6) is -0.767. The van der Waals surface area contributed by atoms with Crippen LogP contribution in [0.15, 0.2) is 18.2 Å². The Morgan fingerprint density at radius 3 is 2.74 bits per heavy atom. The Morgan fingerprint density at radius 1 is 1.21 bits per heavy atom. The number of Topliss-reactive ketones (excluding diaryl/α,β-unsaturated/α-hetero) is 1. The Balaban J connectivity index is 2.02. The van der Waals surface area contributed by atoms with Crippen LogP contribution in [0, 0.1) is 6.92 Å². The van der Waals surface area contributed by atoms with Crippen molar-refractivity contribution in [3.8, 4) is 0 Å². The Hall–Kier alpha value is -1.68. The lowest BCUT2D eigenvalue weighted by Crippen LogP contribution is -2.32. The van der Waals surface area contributed by atoms with E-state index in [0.29, 0.717) is 12.1 Å². The summed E-state index contributed by atoms with van der Waals surface area (Å²) in [5, 5.41) is 3.30. The summed E-state index contributed by atoms with van der Waals surface area (Å²) in [6, 6.07) is 5.60. The lowest BCUT2D eigenvalue weighted by Gasteiger charge is -2.16. The first-order valence-corrected chi connectivity index (χ1v) is 6.82. The van der Waals surface area contributed by atoms with Gasteiger partial charge >= 0.3 is 0 Å². The SMILES string of the molecule is CCCNCCCN1C(=O)C(=O)c2cc(C)ccc21. The molecule has 0 radical (unpaired) electrons. The second-order valence-corrected chi connectivity index (χ2v) is 4.91. The lowest BCUT2D eigenvalue weighted by molar-refractivity contribution is -0.114. The van der Waals surface area contributed by atoms with E-state index in [4.69, 9.17) is 0 Å². The van der Waals surface area contributed by atoms with Crippen LogP contribution in [0.5, 0.6) is 0 Å². The summed E-state index contributed by atoms with van der Waals surface area (Å²) in [7, 11) is 0. The summed E-state index contributed by atoms with van der Waals surface area (Å²) in [6.07, 6.45) is 1.95. The molecule has 0 fully saturated rings. The Bertz CT molecular complexity index is 497. The number of carbonyl (C=O) groups is 2. The van der Waals surface area contributed by atoms with Crippen molar-refractivity contribution in [1.82, 2.24) is 5.32 Å². The smallest absolute Gasteiger partial charge is 0.299 e. The highest BCUT2D eigenvalue weighted by atomic mass is 16.2. The van der Waals surface area contributed by atoms with Crippen molar-refractivity contribution in [3.05, 3.63) is 29.3 Å². The van der Waals surface area contributed by atoms with E-state index >= 15 is 0 Å². The predicted molar refractivity (Wildman–Crippen MR) is 75.6 cm³/mol. The molecule has 1 aromatic carbocycles. The second-order valence-electron chi connectivity index (χ2n) is 4.91. The number of anilines is 1. The van der Waals surface area contributed by atoms with Crippen LogP contribution in [-0.4, -0.2) is 31.3 Å². The number of hydrogen-bond donors (Lipinski definition) is 1. The quantitative estimate of drug-likeness (QED) is 0.628. The van der Waals surface area contributed by atoms with Gasteiger partial charge in [-0.25, -0.2) is 0 Å². The molecule has 1 aliphatic heterocycles. The molecule has 0 unspecified atom stereocenters. The first kappa shape index (κ1) is 13.7. The third-order valence-electron chi connectivity index (χ3n) is 3.29. The molecule has 4 heteroatoms. The molecule has 1 aliphatic rings. The average Bonchev–Trinajstić information content (AvgIpc) is 2.63. The zero-order valence-electron chi connectivity index (χ0n) is 11.5. The average molecular weight is 260 g/mol. The van der Waals surface area contributed by atoms with Crippen molar-refractivity contribution in [2.24, 2.45) is 0 Å². The van der Waals surface area contributed by atoms with Crippen LogP contribution in [-0.2, 0) is 4.79 Å². The van der Waals surface area contributed by atoms with Gasteiger partial charge in [0.2, 0.25) is 0 Å². The first-order valence-electron chi connectivity index (χ1n) is 6.82. The highest BCUT2D eigenvalue weighted by Gasteiger charge is 2.35. The number of hydrogen-bond acceptors (Lipinski definition) is 3. The maximum Gasteiger partial charge on any atom is 0.299 e. The molecular formula is C15H20N2O2. The molecule has 0 saturated heterocycles. The summed E-state index contributed by atoms with van der Waals surface area (Å²) in [5.41, 5.74) is 2.31. The number of amides is 1. The van der Waals surface area contributed by atoms with E-state index in [1.165, 1.54) is 0 Å². The monoisotopic (exact) mass is 260 g/mol. The number of aryl methyl sites for hydroxylation is 1. The van der Waals surface area contributed by atoms with Gasteiger partial charge in [-0.05, 0) is 45.0 Å². The third-order valence-corrected chi connectivity index (χ3v) is 3.29. The summed E-state index contributed by atoms with van der Waals surface area (Å²) in [4.78, 5) is 25.4. The van der Waals surface area contributed by atoms with Crippen LogP contribution in [0.4, 0.5) is 5.69 Å². The normalized spacial score (nSPS) is 14.1. The molecule has 0 aromatic heterocycles. The molecular weight excluding hydrogens is 240 g/mol. The minimum atomic E-state index is -0.393. The van der Waals surface area contributed by atoms with Gasteiger partial charge in [-0.3, -0.25) is 9.59 Å². The van der Waals surface area contributed by atoms with Crippen molar-refractivity contribution >= 4 is 17.4 Å². The van der Waals surface area contributed by atoms with Crippen LogP contribution in [0.25, 0.3) is 0 Å². The summed E-state index contributed by atoms with van der Waals surface area (Å²) >= 11 is 0. The Morgan fingerprint density at radius 2 is 2.00 bits per heavy atom. The molecule has 1 heterocycles. The van der Waals surface area contributed by atoms with E-state index < -0.39 is 5.91 Å². The molecule has 19 heavy (non-hydrogen) atoms. The van der Waals surface area contributed by atoms with Crippen LogP contribution in [0.1, 0.15) is 35.7 Å².